The van der Waals surface area contributed by atoms with Crippen LogP contribution in [0.4, 0.5) is 11.4 Å². The maximum absolute atomic E-state index is 12.6. The van der Waals surface area contributed by atoms with Gasteiger partial charge >= 0.3 is 0 Å². The van der Waals surface area contributed by atoms with E-state index in [1.54, 1.807) is 41.3 Å². The third kappa shape index (κ3) is 5.97. The lowest BCUT2D eigenvalue weighted by Gasteiger charge is -2.36. The minimum atomic E-state index is -3.70. The number of piperazine rings is 1. The van der Waals surface area contributed by atoms with Crippen molar-refractivity contribution >= 4 is 38.9 Å². The molecule has 1 fully saturated rings. The number of carbonyl (C=O) groups excluding carboxylic acids is 1. The quantitative estimate of drug-likeness (QED) is 0.549. The molecule has 172 valence electrons. The van der Waals surface area contributed by atoms with E-state index in [4.69, 9.17) is 16.3 Å². The Morgan fingerprint density at radius 3 is 2.27 bits per heavy atom. The number of rotatable bonds is 7. The summed E-state index contributed by atoms with van der Waals surface area (Å²) in [5.74, 6) is 0.322. The Morgan fingerprint density at radius 1 is 0.909 bits per heavy atom. The van der Waals surface area contributed by atoms with Crippen molar-refractivity contribution in [1.82, 2.24) is 4.90 Å². The monoisotopic (exact) mass is 485 g/mol. The molecule has 0 atom stereocenters. The molecule has 0 spiro atoms. The number of benzene rings is 3. The molecule has 3 aromatic rings. The Kier molecular flexibility index (Phi) is 7.05. The largest absolute Gasteiger partial charge is 0.484 e. The van der Waals surface area contributed by atoms with Gasteiger partial charge in [-0.2, -0.15) is 0 Å². The van der Waals surface area contributed by atoms with Crippen molar-refractivity contribution in [3.63, 3.8) is 0 Å². The summed E-state index contributed by atoms with van der Waals surface area (Å²) in [6.07, 6.45) is 0. The number of nitrogens with one attached hydrogen (secondary N) is 1. The molecule has 1 aliphatic heterocycles. The van der Waals surface area contributed by atoms with Crippen LogP contribution in [-0.2, 0) is 14.8 Å². The summed E-state index contributed by atoms with van der Waals surface area (Å²) >= 11 is 6.07. The van der Waals surface area contributed by atoms with E-state index >= 15 is 0 Å². The molecule has 1 heterocycles. The first-order valence-electron chi connectivity index (χ1n) is 10.5. The molecule has 1 saturated heterocycles. The number of ether oxygens (including phenoxy) is 1. The fraction of sp³-hybridized carbons (Fsp3) is 0.208. The summed E-state index contributed by atoms with van der Waals surface area (Å²) in [6.45, 7) is 2.51. The Hall–Kier alpha value is -3.23. The van der Waals surface area contributed by atoms with E-state index in [-0.39, 0.29) is 17.4 Å². The maximum atomic E-state index is 12.6. The van der Waals surface area contributed by atoms with Gasteiger partial charge in [0.2, 0.25) is 0 Å². The van der Waals surface area contributed by atoms with E-state index in [0.717, 1.165) is 5.69 Å². The zero-order chi connectivity index (χ0) is 23.3. The zero-order valence-corrected chi connectivity index (χ0v) is 19.4. The zero-order valence-electron chi connectivity index (χ0n) is 17.9. The van der Waals surface area contributed by atoms with Crippen LogP contribution in [0.1, 0.15) is 0 Å². The highest BCUT2D eigenvalue weighted by molar-refractivity contribution is 7.92. The van der Waals surface area contributed by atoms with Gasteiger partial charge in [-0.3, -0.25) is 9.52 Å². The van der Waals surface area contributed by atoms with Crippen LogP contribution in [0.15, 0.2) is 83.8 Å². The van der Waals surface area contributed by atoms with Crippen molar-refractivity contribution in [2.24, 2.45) is 0 Å². The van der Waals surface area contributed by atoms with E-state index in [1.165, 1.54) is 12.1 Å². The number of carbonyl (C=O) groups is 1. The number of halogens is 1. The van der Waals surface area contributed by atoms with Crippen LogP contribution >= 0.6 is 11.6 Å². The summed E-state index contributed by atoms with van der Waals surface area (Å²) in [5, 5.41) is 0.689. The lowest BCUT2D eigenvalue weighted by Crippen LogP contribution is -2.50. The highest BCUT2D eigenvalue weighted by Gasteiger charge is 2.22. The summed E-state index contributed by atoms with van der Waals surface area (Å²) in [7, 11) is -3.70. The highest BCUT2D eigenvalue weighted by Crippen LogP contribution is 2.22. The first-order valence-corrected chi connectivity index (χ1v) is 12.4. The van der Waals surface area contributed by atoms with Gasteiger partial charge in [0.25, 0.3) is 15.9 Å². The van der Waals surface area contributed by atoms with Crippen LogP contribution in [0.5, 0.6) is 5.75 Å². The Balaban J connectivity index is 1.27. The fourth-order valence-corrected chi connectivity index (χ4v) is 4.80. The van der Waals surface area contributed by atoms with E-state index in [0.29, 0.717) is 42.6 Å². The molecular weight excluding hydrogens is 462 g/mol. The molecular formula is C24H24ClN3O4S. The van der Waals surface area contributed by atoms with Gasteiger partial charge in [0.1, 0.15) is 5.75 Å². The third-order valence-electron chi connectivity index (χ3n) is 5.33. The lowest BCUT2D eigenvalue weighted by atomic mass is 10.2. The predicted molar refractivity (Wildman–Crippen MR) is 129 cm³/mol. The van der Waals surface area contributed by atoms with Gasteiger partial charge in [0, 0.05) is 42.6 Å². The van der Waals surface area contributed by atoms with Gasteiger partial charge in [0.15, 0.2) is 6.61 Å². The standard InChI is InChI=1S/C24H24ClN3O4S/c25-19-5-4-8-21(17-19)27-13-15-28(16-14-27)24(29)18-32-22-9-11-23(12-10-22)33(30,31)26-20-6-2-1-3-7-20/h1-12,17,26H,13-16,18H2. The number of sulfonamides is 1. The van der Waals surface area contributed by atoms with Crippen molar-refractivity contribution in [3.8, 4) is 5.75 Å². The first-order chi connectivity index (χ1) is 15.9. The minimum Gasteiger partial charge on any atom is -0.484 e. The summed E-state index contributed by atoms with van der Waals surface area (Å²) < 4.78 is 33.1. The summed E-state index contributed by atoms with van der Waals surface area (Å²) in [5.41, 5.74) is 1.53. The second-order valence-corrected chi connectivity index (χ2v) is 9.70. The Labute approximate surface area is 198 Å². The second kappa shape index (κ2) is 10.1. The van der Waals surface area contributed by atoms with Gasteiger partial charge in [-0.1, -0.05) is 35.9 Å². The summed E-state index contributed by atoms with van der Waals surface area (Å²) in [6, 6.07) is 22.3. The van der Waals surface area contributed by atoms with E-state index in [2.05, 4.69) is 9.62 Å². The predicted octanol–water partition coefficient (Wildman–Crippen LogP) is 3.87. The highest BCUT2D eigenvalue weighted by atomic mass is 35.5. The third-order valence-corrected chi connectivity index (χ3v) is 6.96. The number of amides is 1. The molecule has 0 saturated carbocycles. The number of hydrogen-bond donors (Lipinski definition) is 1. The minimum absolute atomic E-state index is 0.106. The molecule has 0 unspecified atom stereocenters. The lowest BCUT2D eigenvalue weighted by molar-refractivity contribution is -0.133. The molecule has 0 bridgehead atoms. The first kappa shape index (κ1) is 22.9. The average molecular weight is 486 g/mol. The molecule has 0 aliphatic carbocycles. The molecule has 3 aromatic carbocycles. The molecule has 33 heavy (non-hydrogen) atoms. The van der Waals surface area contributed by atoms with E-state index in [9.17, 15) is 13.2 Å². The van der Waals surface area contributed by atoms with Gasteiger partial charge in [0.05, 0.1) is 4.90 Å². The van der Waals surface area contributed by atoms with Gasteiger partial charge in [-0.15, -0.1) is 0 Å². The van der Waals surface area contributed by atoms with Crippen molar-refractivity contribution in [1.29, 1.82) is 0 Å². The van der Waals surface area contributed by atoms with Crippen LogP contribution in [0, 0.1) is 0 Å². The number of hydrogen-bond acceptors (Lipinski definition) is 5. The molecule has 7 nitrogen and oxygen atoms in total. The average Bonchev–Trinajstić information content (AvgIpc) is 2.83. The second-order valence-electron chi connectivity index (χ2n) is 7.58. The molecule has 1 N–H and O–H groups in total. The molecule has 1 amide bonds. The van der Waals surface area contributed by atoms with Gasteiger partial charge in [-0.05, 0) is 54.6 Å². The van der Waals surface area contributed by atoms with Crippen molar-refractivity contribution in [2.75, 3.05) is 42.4 Å². The normalized spacial score (nSPS) is 14.1. The molecule has 0 aromatic heterocycles. The smallest absolute Gasteiger partial charge is 0.261 e. The van der Waals surface area contributed by atoms with E-state index in [1.807, 2.05) is 30.3 Å². The fourth-order valence-electron chi connectivity index (χ4n) is 3.56. The number of nitrogens with zero attached hydrogens (tertiary/aromatic N) is 2. The molecule has 4 rings (SSSR count). The van der Waals surface area contributed by atoms with Crippen LogP contribution in [-0.4, -0.2) is 52.0 Å². The van der Waals surface area contributed by atoms with Crippen molar-refractivity contribution in [2.45, 2.75) is 4.90 Å². The van der Waals surface area contributed by atoms with Crippen LogP contribution in [0.3, 0.4) is 0 Å². The van der Waals surface area contributed by atoms with Crippen LogP contribution in [0.25, 0.3) is 0 Å². The SMILES string of the molecule is O=C(COc1ccc(S(=O)(=O)Nc2ccccc2)cc1)N1CCN(c2cccc(Cl)c2)CC1. The molecule has 0 radical (unpaired) electrons. The van der Waals surface area contributed by atoms with Crippen molar-refractivity contribution in [3.05, 3.63) is 83.9 Å². The molecule has 9 heteroatoms. The summed E-state index contributed by atoms with van der Waals surface area (Å²) in [4.78, 5) is 16.6. The van der Waals surface area contributed by atoms with Crippen molar-refractivity contribution < 1.29 is 17.9 Å². The van der Waals surface area contributed by atoms with E-state index < -0.39 is 10.0 Å². The number of para-hydroxylation sites is 1. The van der Waals surface area contributed by atoms with Crippen LogP contribution in [0.2, 0.25) is 5.02 Å². The van der Waals surface area contributed by atoms with Gasteiger partial charge < -0.3 is 14.5 Å². The topological polar surface area (TPSA) is 78.9 Å². The Morgan fingerprint density at radius 2 is 1.61 bits per heavy atom. The van der Waals surface area contributed by atoms with Crippen LogP contribution < -0.4 is 14.4 Å². The Bertz CT molecular complexity index is 1200. The maximum Gasteiger partial charge on any atom is 0.261 e. The molecule has 1 aliphatic rings. The van der Waals surface area contributed by atoms with Gasteiger partial charge in [-0.25, -0.2) is 8.42 Å². The number of anilines is 2.